The van der Waals surface area contributed by atoms with Crippen molar-refractivity contribution in [2.45, 2.75) is 13.0 Å². The van der Waals surface area contributed by atoms with Crippen LogP contribution in [0.3, 0.4) is 0 Å². The van der Waals surface area contributed by atoms with E-state index in [4.69, 9.17) is 14.2 Å². The molecule has 0 bridgehead atoms. The van der Waals surface area contributed by atoms with E-state index in [0.29, 0.717) is 13.4 Å². The molecule has 0 aliphatic carbocycles. The second kappa shape index (κ2) is 2.64. The molecule has 0 unspecified atom stereocenters. The van der Waals surface area contributed by atoms with E-state index < -0.39 is 0 Å². The molecule has 3 nitrogen and oxygen atoms in total. The van der Waals surface area contributed by atoms with Gasteiger partial charge in [-0.3, -0.25) is 0 Å². The summed E-state index contributed by atoms with van der Waals surface area (Å²) in [6.45, 7) is 1.86. The number of hydrogen-bond donors (Lipinski definition) is 0. The topological polar surface area (TPSA) is 27.7 Å². The van der Waals surface area contributed by atoms with Crippen molar-refractivity contribution in [3.05, 3.63) is 23.3 Å². The van der Waals surface area contributed by atoms with Crippen LogP contribution in [0.2, 0.25) is 0 Å². The highest BCUT2D eigenvalue weighted by Crippen LogP contribution is 2.36. The van der Waals surface area contributed by atoms with E-state index in [1.165, 1.54) is 11.1 Å². The van der Waals surface area contributed by atoms with E-state index in [-0.39, 0.29) is 0 Å². The fraction of sp³-hybridized carbons (Fsp3) is 0.400. The van der Waals surface area contributed by atoms with Gasteiger partial charge in [0, 0.05) is 0 Å². The van der Waals surface area contributed by atoms with Crippen molar-refractivity contribution in [2.75, 3.05) is 13.4 Å². The smallest absolute Gasteiger partial charge is 0.231 e. The predicted molar refractivity (Wildman–Crippen MR) is 45.9 cm³/mol. The Kier molecular flexibility index (Phi) is 1.46. The molecule has 0 fully saturated rings. The lowest BCUT2D eigenvalue weighted by molar-refractivity contribution is 0.110. The summed E-state index contributed by atoms with van der Waals surface area (Å²) in [6, 6.07) is 4.09. The van der Waals surface area contributed by atoms with Crippen LogP contribution in [0.4, 0.5) is 0 Å². The first-order valence-corrected chi connectivity index (χ1v) is 4.42. The fourth-order valence-corrected chi connectivity index (χ4v) is 1.76. The summed E-state index contributed by atoms with van der Waals surface area (Å²) in [6.07, 6.45) is 0.978. The van der Waals surface area contributed by atoms with E-state index in [1.54, 1.807) is 0 Å². The molecule has 2 aliphatic heterocycles. The standard InChI is InChI=1S/C10H10O3/c1-2-11-5-8-4-10-9(3-7(1)8)12-6-13-10/h3-4H,1-2,5-6H2. The van der Waals surface area contributed by atoms with E-state index in [9.17, 15) is 0 Å². The van der Waals surface area contributed by atoms with Gasteiger partial charge in [-0.1, -0.05) is 0 Å². The summed E-state index contributed by atoms with van der Waals surface area (Å²) in [4.78, 5) is 0. The second-order valence-electron chi connectivity index (χ2n) is 3.28. The van der Waals surface area contributed by atoms with Crippen LogP contribution in [0.15, 0.2) is 12.1 Å². The first kappa shape index (κ1) is 7.21. The van der Waals surface area contributed by atoms with Crippen LogP contribution < -0.4 is 9.47 Å². The number of ether oxygens (including phenoxy) is 3. The molecular weight excluding hydrogens is 168 g/mol. The van der Waals surface area contributed by atoms with E-state index in [0.717, 1.165) is 24.5 Å². The molecular formula is C10H10O3. The Morgan fingerprint density at radius 1 is 1.00 bits per heavy atom. The summed E-state index contributed by atoms with van der Waals surface area (Å²) >= 11 is 0. The molecule has 0 spiro atoms. The Hall–Kier alpha value is -1.22. The van der Waals surface area contributed by atoms with Gasteiger partial charge in [-0.05, 0) is 29.7 Å². The zero-order chi connectivity index (χ0) is 8.67. The highest BCUT2D eigenvalue weighted by Gasteiger charge is 2.18. The van der Waals surface area contributed by atoms with Crippen molar-refractivity contribution in [1.29, 1.82) is 0 Å². The molecule has 0 radical (unpaired) electrons. The molecule has 1 aromatic rings. The van der Waals surface area contributed by atoms with Gasteiger partial charge in [0.25, 0.3) is 0 Å². The lowest BCUT2D eigenvalue weighted by Crippen LogP contribution is -2.09. The Morgan fingerprint density at radius 3 is 2.62 bits per heavy atom. The van der Waals surface area contributed by atoms with Gasteiger partial charge in [0.05, 0.1) is 13.2 Å². The van der Waals surface area contributed by atoms with Crippen LogP contribution in [0, 0.1) is 0 Å². The Morgan fingerprint density at radius 2 is 1.77 bits per heavy atom. The maximum atomic E-state index is 5.36. The zero-order valence-electron chi connectivity index (χ0n) is 7.21. The first-order valence-electron chi connectivity index (χ1n) is 4.42. The molecule has 0 saturated carbocycles. The highest BCUT2D eigenvalue weighted by atomic mass is 16.7. The monoisotopic (exact) mass is 178 g/mol. The number of hydrogen-bond acceptors (Lipinski definition) is 3. The fourth-order valence-electron chi connectivity index (χ4n) is 1.76. The zero-order valence-corrected chi connectivity index (χ0v) is 7.21. The highest BCUT2D eigenvalue weighted by molar-refractivity contribution is 5.49. The Balaban J connectivity index is 2.11. The van der Waals surface area contributed by atoms with Gasteiger partial charge in [-0.2, -0.15) is 0 Å². The molecule has 13 heavy (non-hydrogen) atoms. The van der Waals surface area contributed by atoms with Crippen molar-refractivity contribution in [3.8, 4) is 11.5 Å². The van der Waals surface area contributed by atoms with Crippen molar-refractivity contribution in [1.82, 2.24) is 0 Å². The third-order valence-electron chi connectivity index (χ3n) is 2.47. The SMILES string of the molecule is c1c2c(cc3c1OCO3)COCC2. The second-order valence-corrected chi connectivity index (χ2v) is 3.28. The largest absolute Gasteiger partial charge is 0.454 e. The van der Waals surface area contributed by atoms with Gasteiger partial charge < -0.3 is 14.2 Å². The lowest BCUT2D eigenvalue weighted by Gasteiger charge is -2.16. The van der Waals surface area contributed by atoms with Crippen LogP contribution in [-0.4, -0.2) is 13.4 Å². The molecule has 0 atom stereocenters. The van der Waals surface area contributed by atoms with Crippen LogP contribution in [0.25, 0.3) is 0 Å². The molecule has 2 heterocycles. The van der Waals surface area contributed by atoms with Crippen molar-refractivity contribution in [2.24, 2.45) is 0 Å². The van der Waals surface area contributed by atoms with Crippen LogP contribution in [0.1, 0.15) is 11.1 Å². The average Bonchev–Trinajstić information content (AvgIpc) is 2.61. The van der Waals surface area contributed by atoms with Gasteiger partial charge >= 0.3 is 0 Å². The summed E-state index contributed by atoms with van der Waals surface area (Å²) in [5.41, 5.74) is 2.56. The van der Waals surface area contributed by atoms with Crippen LogP contribution >= 0.6 is 0 Å². The minimum Gasteiger partial charge on any atom is -0.454 e. The molecule has 3 rings (SSSR count). The third-order valence-corrected chi connectivity index (χ3v) is 2.47. The van der Waals surface area contributed by atoms with Gasteiger partial charge in [0.15, 0.2) is 11.5 Å². The third kappa shape index (κ3) is 1.08. The molecule has 0 N–H and O–H groups in total. The van der Waals surface area contributed by atoms with E-state index >= 15 is 0 Å². The quantitative estimate of drug-likeness (QED) is 0.602. The first-order chi connectivity index (χ1) is 6.43. The average molecular weight is 178 g/mol. The molecule has 0 amide bonds. The van der Waals surface area contributed by atoms with E-state index in [2.05, 4.69) is 6.07 Å². The summed E-state index contributed by atoms with van der Waals surface area (Å²) in [5, 5.41) is 0. The molecule has 68 valence electrons. The molecule has 2 aliphatic rings. The summed E-state index contributed by atoms with van der Waals surface area (Å²) in [7, 11) is 0. The number of benzene rings is 1. The summed E-state index contributed by atoms with van der Waals surface area (Å²) < 4.78 is 15.9. The number of fused-ring (bicyclic) bond motifs is 2. The number of rotatable bonds is 0. The van der Waals surface area contributed by atoms with Gasteiger partial charge in [0.2, 0.25) is 6.79 Å². The van der Waals surface area contributed by atoms with Crippen molar-refractivity contribution < 1.29 is 14.2 Å². The minimum atomic E-state index is 0.346. The van der Waals surface area contributed by atoms with Crippen LogP contribution in [0.5, 0.6) is 11.5 Å². The molecule has 0 saturated heterocycles. The maximum absolute atomic E-state index is 5.36. The maximum Gasteiger partial charge on any atom is 0.231 e. The lowest BCUT2D eigenvalue weighted by atomic mass is 10.0. The minimum absolute atomic E-state index is 0.346. The summed E-state index contributed by atoms with van der Waals surface area (Å²) in [5.74, 6) is 1.73. The molecule has 1 aromatic carbocycles. The van der Waals surface area contributed by atoms with Crippen LogP contribution in [-0.2, 0) is 17.8 Å². The van der Waals surface area contributed by atoms with Gasteiger partial charge in [-0.15, -0.1) is 0 Å². The Bertz CT molecular complexity index is 313. The predicted octanol–water partition coefficient (Wildman–Crippen LogP) is 1.49. The van der Waals surface area contributed by atoms with Gasteiger partial charge in [-0.25, -0.2) is 0 Å². The van der Waals surface area contributed by atoms with E-state index in [1.807, 2.05) is 6.07 Å². The van der Waals surface area contributed by atoms with Crippen molar-refractivity contribution in [3.63, 3.8) is 0 Å². The Labute approximate surface area is 76.2 Å². The molecule has 0 aromatic heterocycles. The molecule has 3 heteroatoms. The van der Waals surface area contributed by atoms with Gasteiger partial charge in [0.1, 0.15) is 0 Å². The normalized spacial score (nSPS) is 18.5. The van der Waals surface area contributed by atoms with Crippen molar-refractivity contribution >= 4 is 0 Å².